The first-order valence-electron chi connectivity index (χ1n) is 6.99. The zero-order valence-electron chi connectivity index (χ0n) is 12.4. The Bertz CT molecular complexity index is 599. The summed E-state index contributed by atoms with van der Waals surface area (Å²) in [6.45, 7) is 3.91. The van der Waals surface area contributed by atoms with Gasteiger partial charge in [0, 0.05) is 11.6 Å². The monoisotopic (exact) mass is 313 g/mol. The van der Waals surface area contributed by atoms with E-state index in [-0.39, 0.29) is 22.2 Å². The van der Waals surface area contributed by atoms with Crippen molar-refractivity contribution in [3.05, 3.63) is 23.8 Å². The molecule has 1 aromatic rings. The summed E-state index contributed by atoms with van der Waals surface area (Å²) in [5.74, 6) is -0.647. The number of unbranched alkanes of at least 4 members (excludes halogenated alkanes) is 2. The summed E-state index contributed by atoms with van der Waals surface area (Å²) in [5.41, 5.74) is 11.0. The van der Waals surface area contributed by atoms with Crippen molar-refractivity contribution in [2.45, 2.75) is 50.5 Å². The number of carbonyl (C=O) groups is 1. The molecule has 0 radical (unpaired) electrons. The van der Waals surface area contributed by atoms with Crippen molar-refractivity contribution in [3.63, 3.8) is 0 Å². The molecule has 0 saturated heterocycles. The molecule has 0 spiro atoms. The zero-order valence-corrected chi connectivity index (χ0v) is 13.2. The fourth-order valence-electron chi connectivity index (χ4n) is 2.03. The number of nitrogens with two attached hydrogens (primary N) is 2. The number of anilines is 1. The highest BCUT2D eigenvalue weighted by Crippen LogP contribution is 2.20. The summed E-state index contributed by atoms with van der Waals surface area (Å²) >= 11 is 0. The molecule has 7 heteroatoms. The van der Waals surface area contributed by atoms with Gasteiger partial charge >= 0.3 is 0 Å². The van der Waals surface area contributed by atoms with Crippen LogP contribution in [0, 0.1) is 0 Å². The molecule has 0 fully saturated rings. The molecule has 1 atom stereocenters. The predicted octanol–water partition coefficient (Wildman–Crippen LogP) is 1.61. The van der Waals surface area contributed by atoms with E-state index in [4.69, 9.17) is 11.5 Å². The van der Waals surface area contributed by atoms with Crippen LogP contribution in [0.25, 0.3) is 0 Å². The first kappa shape index (κ1) is 17.5. The first-order chi connectivity index (χ1) is 9.77. The molecule has 118 valence electrons. The molecule has 1 rings (SSSR count). The zero-order chi connectivity index (χ0) is 16.0. The molecule has 0 heterocycles. The first-order valence-corrected chi connectivity index (χ1v) is 8.48. The van der Waals surface area contributed by atoms with Crippen LogP contribution in [-0.2, 0) is 10.0 Å². The molecule has 6 nitrogen and oxygen atoms in total. The minimum atomic E-state index is -3.70. The lowest BCUT2D eigenvalue weighted by molar-refractivity contribution is 0.1000. The summed E-state index contributed by atoms with van der Waals surface area (Å²) < 4.78 is 27.1. The number of carbonyl (C=O) groups excluding carboxylic acids is 1. The quantitative estimate of drug-likeness (QED) is 0.499. The highest BCUT2D eigenvalue weighted by molar-refractivity contribution is 7.89. The van der Waals surface area contributed by atoms with Crippen LogP contribution < -0.4 is 16.2 Å². The second-order valence-corrected chi connectivity index (χ2v) is 6.82. The van der Waals surface area contributed by atoms with Gasteiger partial charge in [-0.25, -0.2) is 13.1 Å². The Hall–Kier alpha value is -1.60. The van der Waals surface area contributed by atoms with Gasteiger partial charge in [-0.05, 0) is 31.5 Å². The topological polar surface area (TPSA) is 115 Å². The van der Waals surface area contributed by atoms with Gasteiger partial charge in [0.15, 0.2) is 0 Å². The third-order valence-corrected chi connectivity index (χ3v) is 4.84. The van der Waals surface area contributed by atoms with Gasteiger partial charge < -0.3 is 11.5 Å². The average molecular weight is 313 g/mol. The van der Waals surface area contributed by atoms with Gasteiger partial charge in [-0.15, -0.1) is 0 Å². The highest BCUT2D eigenvalue weighted by Gasteiger charge is 2.20. The Kier molecular flexibility index (Phi) is 6.17. The molecule has 0 aliphatic carbocycles. The van der Waals surface area contributed by atoms with Gasteiger partial charge in [0.2, 0.25) is 15.9 Å². The molecule has 0 bridgehead atoms. The van der Waals surface area contributed by atoms with Crippen molar-refractivity contribution in [1.82, 2.24) is 4.72 Å². The maximum atomic E-state index is 12.3. The standard InChI is InChI=1S/C14H23N3O3S/c1-3-4-5-6-10(2)17-21(19,20)13-8-7-11(14(16)18)9-12(13)15/h7-10,17H,3-6,15H2,1-2H3,(H2,16,18). The molecule has 1 aromatic carbocycles. The van der Waals surface area contributed by atoms with Crippen LogP contribution in [0.3, 0.4) is 0 Å². The molecule has 5 N–H and O–H groups in total. The Morgan fingerprint density at radius 3 is 2.52 bits per heavy atom. The lowest BCUT2D eigenvalue weighted by Crippen LogP contribution is -2.33. The van der Waals surface area contributed by atoms with Gasteiger partial charge in [-0.3, -0.25) is 4.79 Å². The van der Waals surface area contributed by atoms with E-state index in [1.807, 2.05) is 6.92 Å². The fraction of sp³-hybridized carbons (Fsp3) is 0.500. The molecule has 0 aromatic heterocycles. The van der Waals surface area contributed by atoms with Crippen LogP contribution >= 0.6 is 0 Å². The van der Waals surface area contributed by atoms with Crippen LogP contribution in [0.1, 0.15) is 49.9 Å². The van der Waals surface area contributed by atoms with Gasteiger partial charge in [0.05, 0.1) is 5.69 Å². The average Bonchev–Trinajstić information content (AvgIpc) is 2.37. The van der Waals surface area contributed by atoms with Crippen LogP contribution in [0.2, 0.25) is 0 Å². The van der Waals surface area contributed by atoms with Crippen LogP contribution in [0.15, 0.2) is 23.1 Å². The van der Waals surface area contributed by atoms with Gasteiger partial charge in [-0.1, -0.05) is 26.2 Å². The van der Waals surface area contributed by atoms with Crippen molar-refractivity contribution in [1.29, 1.82) is 0 Å². The third kappa shape index (κ3) is 5.02. The molecule has 1 amide bonds. The maximum absolute atomic E-state index is 12.3. The predicted molar refractivity (Wildman–Crippen MR) is 83.3 cm³/mol. The SMILES string of the molecule is CCCCCC(C)NS(=O)(=O)c1ccc(C(N)=O)cc1N. The van der Waals surface area contributed by atoms with Crippen molar-refractivity contribution in [3.8, 4) is 0 Å². The van der Waals surface area contributed by atoms with Gasteiger partial charge in [0.1, 0.15) is 4.90 Å². The number of nitrogens with one attached hydrogen (secondary N) is 1. The second kappa shape index (κ2) is 7.42. The summed E-state index contributed by atoms with van der Waals surface area (Å²) in [6.07, 6.45) is 3.89. The number of nitrogen functional groups attached to an aromatic ring is 1. The number of hydrogen-bond acceptors (Lipinski definition) is 4. The number of amides is 1. The van der Waals surface area contributed by atoms with Crippen molar-refractivity contribution in [2.75, 3.05) is 5.73 Å². The molecule has 1 unspecified atom stereocenters. The number of hydrogen-bond donors (Lipinski definition) is 3. The van der Waals surface area contributed by atoms with Crippen molar-refractivity contribution in [2.24, 2.45) is 5.73 Å². The Morgan fingerprint density at radius 2 is 2.00 bits per heavy atom. The number of rotatable bonds is 8. The number of sulfonamides is 1. The molecule has 0 aliphatic rings. The van der Waals surface area contributed by atoms with E-state index in [9.17, 15) is 13.2 Å². The summed E-state index contributed by atoms with van der Waals surface area (Å²) in [4.78, 5) is 11.0. The van der Waals surface area contributed by atoms with Crippen molar-refractivity contribution >= 4 is 21.6 Å². The van der Waals surface area contributed by atoms with E-state index in [1.54, 1.807) is 0 Å². The van der Waals surface area contributed by atoms with E-state index in [0.29, 0.717) is 0 Å². The highest BCUT2D eigenvalue weighted by atomic mass is 32.2. The van der Waals surface area contributed by atoms with Gasteiger partial charge in [-0.2, -0.15) is 0 Å². The van der Waals surface area contributed by atoms with E-state index in [2.05, 4.69) is 11.6 Å². The summed E-state index contributed by atoms with van der Waals surface area (Å²) in [7, 11) is -3.70. The van der Waals surface area contributed by atoms with E-state index in [1.165, 1.54) is 18.2 Å². The Labute approximate surface area is 126 Å². The van der Waals surface area contributed by atoms with E-state index >= 15 is 0 Å². The van der Waals surface area contributed by atoms with Gasteiger partial charge in [0.25, 0.3) is 0 Å². The molecule has 0 aliphatic heterocycles. The van der Waals surface area contributed by atoms with E-state index in [0.717, 1.165) is 25.7 Å². The smallest absolute Gasteiger partial charge is 0.248 e. The number of benzene rings is 1. The fourth-order valence-corrected chi connectivity index (χ4v) is 3.43. The van der Waals surface area contributed by atoms with Crippen LogP contribution in [0.5, 0.6) is 0 Å². The third-order valence-electron chi connectivity index (χ3n) is 3.18. The summed E-state index contributed by atoms with van der Waals surface area (Å²) in [5, 5.41) is 0. The Morgan fingerprint density at radius 1 is 1.33 bits per heavy atom. The van der Waals surface area contributed by atoms with Crippen LogP contribution in [0.4, 0.5) is 5.69 Å². The lowest BCUT2D eigenvalue weighted by Gasteiger charge is -2.15. The Balaban J connectivity index is 2.85. The minimum Gasteiger partial charge on any atom is -0.398 e. The summed E-state index contributed by atoms with van der Waals surface area (Å²) in [6, 6.07) is 3.77. The van der Waals surface area contributed by atoms with Crippen LogP contribution in [-0.4, -0.2) is 20.4 Å². The number of primary amides is 1. The minimum absolute atomic E-state index is 0.0135. The molecule has 0 saturated carbocycles. The maximum Gasteiger partial charge on any atom is 0.248 e. The molecule has 21 heavy (non-hydrogen) atoms. The normalized spacial score (nSPS) is 13.0. The second-order valence-electron chi connectivity index (χ2n) is 5.13. The van der Waals surface area contributed by atoms with E-state index < -0.39 is 15.9 Å². The molecular weight excluding hydrogens is 290 g/mol. The molecular formula is C14H23N3O3S. The van der Waals surface area contributed by atoms with Crippen molar-refractivity contribution < 1.29 is 13.2 Å². The lowest BCUT2D eigenvalue weighted by atomic mass is 10.1. The largest absolute Gasteiger partial charge is 0.398 e.